The number of ether oxygens (including phenoxy) is 2. The predicted octanol–water partition coefficient (Wildman–Crippen LogP) is 3.89. The van der Waals surface area contributed by atoms with Gasteiger partial charge in [0.05, 0.1) is 18.1 Å². The third-order valence-corrected chi connectivity index (χ3v) is 5.66. The Hall–Kier alpha value is -3.13. The van der Waals surface area contributed by atoms with Gasteiger partial charge in [0.2, 0.25) is 0 Å². The van der Waals surface area contributed by atoms with E-state index >= 15 is 0 Å². The zero-order valence-corrected chi connectivity index (χ0v) is 17.6. The van der Waals surface area contributed by atoms with Gasteiger partial charge in [-0.3, -0.25) is 4.79 Å². The summed E-state index contributed by atoms with van der Waals surface area (Å²) in [6.45, 7) is 7.03. The van der Waals surface area contributed by atoms with Crippen LogP contribution in [0.2, 0.25) is 0 Å². The van der Waals surface area contributed by atoms with E-state index in [-0.39, 0.29) is 6.61 Å². The molecule has 0 saturated carbocycles. The fraction of sp³-hybridized carbons (Fsp3) is 0.286. The standard InChI is InChI=1S/C21H21NO6S/c1-10-6-14(18-11(2)8-17(24)28-15(18)7-10)27-9-16(23)22-20-19(21(25)26-5)12(3)13(4)29-20/h6-8H,9H2,1-5H3,(H,22,23). The lowest BCUT2D eigenvalue weighted by Crippen LogP contribution is -2.21. The number of hydrogen-bond donors (Lipinski definition) is 1. The van der Waals surface area contributed by atoms with Crippen molar-refractivity contribution >= 4 is 39.2 Å². The van der Waals surface area contributed by atoms with E-state index in [1.54, 1.807) is 26.0 Å². The van der Waals surface area contributed by atoms with E-state index in [1.165, 1.54) is 24.5 Å². The molecule has 0 fully saturated rings. The molecule has 3 aromatic rings. The number of aryl methyl sites for hydroxylation is 3. The molecule has 1 N–H and O–H groups in total. The highest BCUT2D eigenvalue weighted by Gasteiger charge is 2.22. The normalized spacial score (nSPS) is 10.8. The third-order valence-electron chi connectivity index (χ3n) is 4.54. The Morgan fingerprint density at radius 3 is 2.55 bits per heavy atom. The lowest BCUT2D eigenvalue weighted by molar-refractivity contribution is -0.118. The van der Waals surface area contributed by atoms with Crippen LogP contribution in [-0.2, 0) is 9.53 Å². The average Bonchev–Trinajstić information content (AvgIpc) is 2.91. The molecule has 152 valence electrons. The third kappa shape index (κ3) is 4.17. The molecular formula is C21H21NO6S. The van der Waals surface area contributed by atoms with E-state index in [2.05, 4.69) is 5.32 Å². The first-order valence-corrected chi connectivity index (χ1v) is 9.69. The van der Waals surface area contributed by atoms with Crippen molar-refractivity contribution in [1.82, 2.24) is 0 Å². The zero-order valence-electron chi connectivity index (χ0n) is 16.8. The minimum atomic E-state index is -0.501. The molecule has 29 heavy (non-hydrogen) atoms. The van der Waals surface area contributed by atoms with Crippen molar-refractivity contribution in [2.75, 3.05) is 19.0 Å². The number of hydrogen-bond acceptors (Lipinski definition) is 7. The molecule has 1 aromatic carbocycles. The van der Waals surface area contributed by atoms with E-state index in [1.807, 2.05) is 13.8 Å². The first-order valence-electron chi connectivity index (χ1n) is 8.87. The van der Waals surface area contributed by atoms with Gasteiger partial charge >= 0.3 is 11.6 Å². The molecule has 0 saturated heterocycles. The van der Waals surface area contributed by atoms with Gasteiger partial charge in [0.1, 0.15) is 16.3 Å². The van der Waals surface area contributed by atoms with Crippen molar-refractivity contribution in [1.29, 1.82) is 0 Å². The first kappa shape index (κ1) is 20.6. The highest BCUT2D eigenvalue weighted by molar-refractivity contribution is 7.16. The smallest absolute Gasteiger partial charge is 0.341 e. The van der Waals surface area contributed by atoms with Crippen LogP contribution in [0.5, 0.6) is 5.75 Å². The van der Waals surface area contributed by atoms with Gasteiger partial charge in [0, 0.05) is 10.9 Å². The fourth-order valence-electron chi connectivity index (χ4n) is 3.06. The van der Waals surface area contributed by atoms with Crippen molar-refractivity contribution in [2.45, 2.75) is 27.7 Å². The van der Waals surface area contributed by atoms with Gasteiger partial charge < -0.3 is 19.2 Å². The number of carbonyl (C=O) groups excluding carboxylic acids is 2. The highest BCUT2D eigenvalue weighted by atomic mass is 32.1. The van der Waals surface area contributed by atoms with Gasteiger partial charge in [-0.2, -0.15) is 0 Å². The molecule has 0 bridgehead atoms. The Bertz CT molecular complexity index is 1170. The Balaban J connectivity index is 1.83. The summed E-state index contributed by atoms with van der Waals surface area (Å²) in [6, 6.07) is 4.91. The van der Waals surface area contributed by atoms with Crippen LogP contribution in [0.15, 0.2) is 27.4 Å². The number of anilines is 1. The van der Waals surface area contributed by atoms with Crippen molar-refractivity contribution in [3.05, 3.63) is 55.8 Å². The number of thiophene rings is 1. The first-order chi connectivity index (χ1) is 13.7. The van der Waals surface area contributed by atoms with Crippen LogP contribution in [0.25, 0.3) is 11.0 Å². The van der Waals surface area contributed by atoms with Crippen LogP contribution in [0.1, 0.15) is 31.9 Å². The topological polar surface area (TPSA) is 94.8 Å². The SMILES string of the molecule is COC(=O)c1c(NC(=O)COc2cc(C)cc3oc(=O)cc(C)c23)sc(C)c1C. The van der Waals surface area contributed by atoms with Gasteiger partial charge in [-0.05, 0) is 56.5 Å². The second-order valence-electron chi connectivity index (χ2n) is 6.70. The summed E-state index contributed by atoms with van der Waals surface area (Å²) in [7, 11) is 1.30. The van der Waals surface area contributed by atoms with Gasteiger partial charge in [-0.1, -0.05) is 0 Å². The fourth-order valence-corrected chi connectivity index (χ4v) is 4.12. The number of esters is 1. The highest BCUT2D eigenvalue weighted by Crippen LogP contribution is 2.33. The van der Waals surface area contributed by atoms with E-state index < -0.39 is 17.5 Å². The summed E-state index contributed by atoms with van der Waals surface area (Å²) in [6.07, 6.45) is 0. The molecule has 1 amide bonds. The number of benzene rings is 1. The molecule has 0 radical (unpaired) electrons. The quantitative estimate of drug-likeness (QED) is 0.502. The summed E-state index contributed by atoms with van der Waals surface area (Å²) >= 11 is 1.31. The predicted molar refractivity (Wildman–Crippen MR) is 111 cm³/mol. The maximum absolute atomic E-state index is 12.5. The van der Waals surface area contributed by atoms with Crippen LogP contribution >= 0.6 is 11.3 Å². The summed E-state index contributed by atoms with van der Waals surface area (Å²) in [5.41, 5.74) is 2.62. The molecule has 3 rings (SSSR count). The molecule has 0 aliphatic rings. The molecule has 0 aliphatic carbocycles. The Morgan fingerprint density at radius 2 is 1.86 bits per heavy atom. The van der Waals surface area contributed by atoms with E-state index in [0.717, 1.165) is 16.0 Å². The minimum absolute atomic E-state index is 0.270. The summed E-state index contributed by atoms with van der Waals surface area (Å²) in [5, 5.41) is 3.79. The molecule has 0 aliphatic heterocycles. The van der Waals surface area contributed by atoms with E-state index in [4.69, 9.17) is 13.9 Å². The van der Waals surface area contributed by atoms with Crippen molar-refractivity contribution in [3.63, 3.8) is 0 Å². The molecule has 0 spiro atoms. The molecular weight excluding hydrogens is 394 g/mol. The lowest BCUT2D eigenvalue weighted by atomic mass is 10.1. The summed E-state index contributed by atoms with van der Waals surface area (Å²) in [4.78, 5) is 37.1. The van der Waals surface area contributed by atoms with Crippen LogP contribution < -0.4 is 15.7 Å². The molecule has 0 atom stereocenters. The number of nitrogens with one attached hydrogen (secondary N) is 1. The van der Waals surface area contributed by atoms with Gasteiger partial charge in [-0.15, -0.1) is 11.3 Å². The number of rotatable bonds is 5. The van der Waals surface area contributed by atoms with Crippen LogP contribution in [0.3, 0.4) is 0 Å². The molecule has 8 heteroatoms. The number of amides is 1. The number of methoxy groups -OCH3 is 1. The second kappa shape index (κ2) is 8.08. The van der Waals surface area contributed by atoms with E-state index in [9.17, 15) is 14.4 Å². The maximum atomic E-state index is 12.5. The molecule has 0 unspecified atom stereocenters. The monoisotopic (exact) mass is 415 g/mol. The lowest BCUT2D eigenvalue weighted by Gasteiger charge is -2.12. The molecule has 7 nitrogen and oxygen atoms in total. The van der Waals surface area contributed by atoms with Gasteiger partial charge in [0.15, 0.2) is 6.61 Å². The molecule has 2 aromatic heterocycles. The Labute approximate surface area is 171 Å². The summed E-state index contributed by atoms with van der Waals surface area (Å²) in [5.74, 6) is -0.470. The van der Waals surface area contributed by atoms with E-state index in [0.29, 0.717) is 32.8 Å². The van der Waals surface area contributed by atoms with Crippen molar-refractivity contribution < 1.29 is 23.5 Å². The van der Waals surface area contributed by atoms with Crippen LogP contribution in [-0.4, -0.2) is 25.6 Å². The largest absolute Gasteiger partial charge is 0.483 e. The second-order valence-corrected chi connectivity index (χ2v) is 7.93. The van der Waals surface area contributed by atoms with Crippen LogP contribution in [0, 0.1) is 27.7 Å². The number of carbonyl (C=O) groups is 2. The minimum Gasteiger partial charge on any atom is -0.483 e. The zero-order chi connectivity index (χ0) is 21.3. The molecule has 2 heterocycles. The Morgan fingerprint density at radius 1 is 1.14 bits per heavy atom. The van der Waals surface area contributed by atoms with Gasteiger partial charge in [0.25, 0.3) is 5.91 Å². The van der Waals surface area contributed by atoms with Crippen molar-refractivity contribution in [2.24, 2.45) is 0 Å². The van der Waals surface area contributed by atoms with Crippen molar-refractivity contribution in [3.8, 4) is 5.75 Å². The van der Waals surface area contributed by atoms with Gasteiger partial charge in [-0.25, -0.2) is 9.59 Å². The summed E-state index contributed by atoms with van der Waals surface area (Å²) < 4.78 is 15.8. The maximum Gasteiger partial charge on any atom is 0.341 e. The van der Waals surface area contributed by atoms with Crippen LogP contribution in [0.4, 0.5) is 5.00 Å². The average molecular weight is 415 g/mol. The number of fused-ring (bicyclic) bond motifs is 1. The Kier molecular flexibility index (Phi) is 5.74.